The zero-order valence-corrected chi connectivity index (χ0v) is 9.81. The summed E-state index contributed by atoms with van der Waals surface area (Å²) in [5.41, 5.74) is -1.62. The number of rotatable bonds is 2. The molecule has 0 aliphatic heterocycles. The molecule has 7 nitrogen and oxygen atoms in total. The van der Waals surface area contributed by atoms with Crippen molar-refractivity contribution in [2.24, 2.45) is 0 Å². The largest absolute Gasteiger partial charge is 1.00 e. The minimum atomic E-state index is -4.93. The van der Waals surface area contributed by atoms with Crippen LogP contribution >= 0.6 is 15.2 Å². The van der Waals surface area contributed by atoms with Gasteiger partial charge in [0.05, 0.1) is 5.82 Å². The maximum Gasteiger partial charge on any atom is 1.00 e. The van der Waals surface area contributed by atoms with E-state index in [1.807, 2.05) is 0 Å². The molecule has 10 heteroatoms. The fourth-order valence-electron chi connectivity index (χ4n) is 0.226. The van der Waals surface area contributed by atoms with Crippen LogP contribution in [0.25, 0.3) is 0 Å². The summed E-state index contributed by atoms with van der Waals surface area (Å²) in [5.74, 6) is -0.187. The molecule has 0 radical (unpaired) electrons. The van der Waals surface area contributed by atoms with E-state index in [1.165, 1.54) is 0 Å². The quantitative estimate of drug-likeness (QED) is 0.191. The van der Waals surface area contributed by atoms with Crippen LogP contribution in [0.1, 0.15) is 1.43 Å². The summed E-state index contributed by atoms with van der Waals surface area (Å²) in [6.07, 6.45) is 0. The fourth-order valence-corrected chi connectivity index (χ4v) is 1.58. The predicted octanol–water partition coefficient (Wildman–Crippen LogP) is -3.18. The van der Waals surface area contributed by atoms with Crippen LogP contribution in [0, 0.1) is 0 Å². The van der Waals surface area contributed by atoms with Crippen LogP contribution in [-0.2, 0) is 9.13 Å². The monoisotopic (exact) mass is 228 g/mol. The first-order valence-corrected chi connectivity index (χ1v) is 5.45. The first-order chi connectivity index (χ1) is 4.63. The molecule has 0 heterocycles. The Kier molecular flexibility index (Phi) is 6.26. The van der Waals surface area contributed by atoms with Crippen molar-refractivity contribution in [3.63, 3.8) is 0 Å². The van der Waals surface area contributed by atoms with Gasteiger partial charge in [0.2, 0.25) is 5.50 Å². The summed E-state index contributed by atoms with van der Waals surface area (Å²) in [5, 5.41) is 8.33. The summed E-state index contributed by atoms with van der Waals surface area (Å²) >= 11 is 0. The van der Waals surface area contributed by atoms with Crippen LogP contribution in [0.5, 0.6) is 0 Å². The van der Waals surface area contributed by atoms with Crippen LogP contribution in [0.3, 0.4) is 0 Å². The summed E-state index contributed by atoms with van der Waals surface area (Å²) in [6.45, 7) is 0. The maximum absolute atomic E-state index is 10.0. The average Bonchev–Trinajstić information content (AvgIpc) is 1.56. The first kappa shape index (κ1) is 15.3. The van der Waals surface area contributed by atoms with Gasteiger partial charge in [-0.2, -0.15) is 0 Å². The standard InChI is InChI=1S/C2H6O7P2.Na.H/c3-2(11(7,8)9)1-10(4,5)6;;/h1,3H,(H2,4,5,6)(H2,7,8,9);;/q;+1;-1. The van der Waals surface area contributed by atoms with Crippen molar-refractivity contribution in [3.05, 3.63) is 11.3 Å². The van der Waals surface area contributed by atoms with Gasteiger partial charge in [-0.3, -0.25) is 9.13 Å². The predicted molar refractivity (Wildman–Crippen MR) is 35.9 cm³/mol. The molecule has 68 valence electrons. The van der Waals surface area contributed by atoms with Gasteiger partial charge in [-0.15, -0.1) is 0 Å². The van der Waals surface area contributed by atoms with E-state index < -0.39 is 20.7 Å². The van der Waals surface area contributed by atoms with Crippen molar-refractivity contribution >= 4 is 15.2 Å². The minimum Gasteiger partial charge on any atom is -1.00 e. The van der Waals surface area contributed by atoms with Gasteiger partial charge in [0, 0.05) is 0 Å². The molecule has 0 amide bonds. The molecule has 0 unspecified atom stereocenters. The molecule has 0 bridgehead atoms. The molecule has 0 aromatic heterocycles. The maximum atomic E-state index is 10.0. The zero-order chi connectivity index (χ0) is 9.28. The molecule has 0 aromatic carbocycles. The minimum absolute atomic E-state index is 0. The van der Waals surface area contributed by atoms with Gasteiger partial charge in [-0.05, 0) is 0 Å². The Hall–Kier alpha value is 0.840. The van der Waals surface area contributed by atoms with Gasteiger partial charge in [-0.1, -0.05) is 0 Å². The van der Waals surface area contributed by atoms with E-state index in [1.54, 1.807) is 0 Å². The van der Waals surface area contributed by atoms with Gasteiger partial charge < -0.3 is 26.1 Å². The van der Waals surface area contributed by atoms with Crippen LogP contribution in [-0.4, -0.2) is 24.7 Å². The number of aliphatic hydroxyl groups is 1. The topological polar surface area (TPSA) is 135 Å². The van der Waals surface area contributed by atoms with Crippen molar-refractivity contribution in [2.75, 3.05) is 0 Å². The molecule has 5 N–H and O–H groups in total. The van der Waals surface area contributed by atoms with Crippen molar-refractivity contribution in [3.8, 4) is 0 Å². The SMILES string of the molecule is O=P(O)(O)C=C(O)P(=O)(O)O.[H-].[Na+]. The molecule has 0 spiro atoms. The fraction of sp³-hybridized carbons (Fsp3) is 0. The van der Waals surface area contributed by atoms with E-state index in [0.29, 0.717) is 0 Å². The third-order valence-electron chi connectivity index (χ3n) is 0.582. The first-order valence-electron chi connectivity index (χ1n) is 2.16. The second-order valence-electron chi connectivity index (χ2n) is 1.62. The molecule has 0 aliphatic rings. The zero-order valence-electron chi connectivity index (χ0n) is 7.02. The van der Waals surface area contributed by atoms with E-state index in [4.69, 9.17) is 24.7 Å². The Labute approximate surface area is 91.2 Å². The summed E-state index contributed by atoms with van der Waals surface area (Å²) in [7, 11) is -9.65. The molecule has 12 heavy (non-hydrogen) atoms. The average molecular weight is 228 g/mol. The van der Waals surface area contributed by atoms with Crippen LogP contribution in [0.15, 0.2) is 11.3 Å². The Morgan fingerprint density at radius 3 is 1.58 bits per heavy atom. The molecule has 0 aromatic rings. The number of hydrogen-bond acceptors (Lipinski definition) is 3. The van der Waals surface area contributed by atoms with E-state index >= 15 is 0 Å². The smallest absolute Gasteiger partial charge is 1.00 e. The second kappa shape index (κ2) is 4.91. The summed E-state index contributed by atoms with van der Waals surface area (Å²) in [4.78, 5) is 32.4. The van der Waals surface area contributed by atoms with Crippen LogP contribution in [0.2, 0.25) is 0 Å². The Morgan fingerprint density at radius 2 is 1.50 bits per heavy atom. The molecule has 0 saturated carbocycles. The molecular weight excluding hydrogens is 221 g/mol. The van der Waals surface area contributed by atoms with Gasteiger partial charge in [0.15, 0.2) is 0 Å². The molecule has 0 aliphatic carbocycles. The van der Waals surface area contributed by atoms with Gasteiger partial charge in [0.1, 0.15) is 0 Å². The normalized spacial score (nSPS) is 13.8. The number of aliphatic hydroxyl groups excluding tert-OH is 1. The Morgan fingerprint density at radius 1 is 1.17 bits per heavy atom. The van der Waals surface area contributed by atoms with E-state index in [2.05, 4.69) is 0 Å². The van der Waals surface area contributed by atoms with E-state index in [9.17, 15) is 9.13 Å². The molecule has 0 fully saturated rings. The summed E-state index contributed by atoms with van der Waals surface area (Å²) < 4.78 is 20.0. The van der Waals surface area contributed by atoms with Crippen LogP contribution < -0.4 is 29.6 Å². The third-order valence-corrected chi connectivity index (χ3v) is 2.09. The molecule has 0 saturated heterocycles. The van der Waals surface area contributed by atoms with Crippen molar-refractivity contribution in [1.82, 2.24) is 0 Å². The number of hydrogen-bond donors (Lipinski definition) is 5. The van der Waals surface area contributed by atoms with Crippen molar-refractivity contribution < 1.29 is 64.8 Å². The van der Waals surface area contributed by atoms with Crippen molar-refractivity contribution in [2.45, 2.75) is 0 Å². The Bertz CT molecular complexity index is 264. The summed E-state index contributed by atoms with van der Waals surface area (Å²) in [6, 6.07) is 0. The van der Waals surface area contributed by atoms with Gasteiger partial charge >= 0.3 is 44.7 Å². The third kappa shape index (κ3) is 7.49. The Balaban J connectivity index is -0.000000500. The van der Waals surface area contributed by atoms with Crippen molar-refractivity contribution in [1.29, 1.82) is 0 Å². The molecular formula is C2H7NaO7P2. The molecule has 0 atom stereocenters. The van der Waals surface area contributed by atoms with E-state index in [-0.39, 0.29) is 36.8 Å². The second-order valence-corrected chi connectivity index (χ2v) is 4.60. The molecule has 0 rings (SSSR count). The van der Waals surface area contributed by atoms with Gasteiger partial charge in [0.25, 0.3) is 0 Å². The van der Waals surface area contributed by atoms with Gasteiger partial charge in [-0.25, -0.2) is 0 Å². The van der Waals surface area contributed by atoms with Crippen LogP contribution in [0.4, 0.5) is 0 Å². The van der Waals surface area contributed by atoms with E-state index in [0.717, 1.165) is 0 Å².